The van der Waals surface area contributed by atoms with Crippen LogP contribution in [0.3, 0.4) is 0 Å². The molecule has 1 N–H and O–H groups in total. The van der Waals surface area contributed by atoms with E-state index in [4.69, 9.17) is 4.74 Å². The van der Waals surface area contributed by atoms with Crippen LogP contribution < -0.4 is 10.1 Å². The number of carbonyl (C=O) groups is 1. The van der Waals surface area contributed by atoms with Gasteiger partial charge >= 0.3 is 0 Å². The van der Waals surface area contributed by atoms with Gasteiger partial charge in [0.25, 0.3) is 0 Å². The Bertz CT molecular complexity index is 600. The molecule has 0 atom stereocenters. The zero-order valence-electron chi connectivity index (χ0n) is 15.9. The number of rotatable bonds is 6. The van der Waals surface area contributed by atoms with Crippen molar-refractivity contribution >= 4 is 11.6 Å². The summed E-state index contributed by atoms with van der Waals surface area (Å²) in [5.74, 6) is 1.10. The topological polar surface area (TPSA) is 44.8 Å². The smallest absolute Gasteiger partial charge is 0.248 e. The molecule has 1 aromatic rings. The van der Waals surface area contributed by atoms with Crippen molar-refractivity contribution in [2.24, 2.45) is 0 Å². The van der Waals surface area contributed by atoms with Gasteiger partial charge in [-0.1, -0.05) is 25.3 Å². The van der Waals surface area contributed by atoms with Crippen LogP contribution in [0.4, 0.5) is 5.69 Å². The molecule has 1 aromatic carbocycles. The van der Waals surface area contributed by atoms with E-state index in [9.17, 15) is 4.79 Å². The Kier molecular flexibility index (Phi) is 6.20. The number of hydrogen-bond acceptors (Lipinski definition) is 4. The highest BCUT2D eigenvalue weighted by Crippen LogP contribution is 2.34. The lowest BCUT2D eigenvalue weighted by Crippen LogP contribution is -2.59. The van der Waals surface area contributed by atoms with Gasteiger partial charge in [-0.2, -0.15) is 0 Å². The molecule has 3 rings (SSSR count). The first-order chi connectivity index (χ1) is 12.7. The van der Waals surface area contributed by atoms with Crippen molar-refractivity contribution in [3.8, 4) is 5.75 Å². The summed E-state index contributed by atoms with van der Waals surface area (Å²) in [5, 5.41) is 3.60. The van der Waals surface area contributed by atoms with E-state index in [1.54, 1.807) is 7.11 Å². The summed E-state index contributed by atoms with van der Waals surface area (Å²) in [6.45, 7) is 8.17. The number of methoxy groups -OCH3 is 1. The Labute approximate surface area is 157 Å². The summed E-state index contributed by atoms with van der Waals surface area (Å²) in [7, 11) is 1.67. The fourth-order valence-corrected chi connectivity index (χ4v) is 4.12. The molecule has 1 amide bonds. The minimum absolute atomic E-state index is 0.270. The molecule has 1 saturated carbocycles. The van der Waals surface area contributed by atoms with Crippen LogP contribution in [0.1, 0.15) is 32.1 Å². The molecular weight excluding hydrogens is 326 g/mol. The second-order valence-electron chi connectivity index (χ2n) is 7.38. The zero-order chi connectivity index (χ0) is 18.4. The Balaban J connectivity index is 1.72. The number of nitrogens with one attached hydrogen (secondary N) is 1. The first-order valence-electron chi connectivity index (χ1n) is 9.72. The van der Waals surface area contributed by atoms with Crippen LogP contribution in [0.25, 0.3) is 0 Å². The maximum absolute atomic E-state index is 13.5. The van der Waals surface area contributed by atoms with Crippen LogP contribution in [-0.2, 0) is 4.79 Å². The van der Waals surface area contributed by atoms with Crippen LogP contribution >= 0.6 is 0 Å². The van der Waals surface area contributed by atoms with Gasteiger partial charge < -0.3 is 15.0 Å². The lowest BCUT2D eigenvalue weighted by molar-refractivity contribution is -0.139. The number of benzene rings is 1. The van der Waals surface area contributed by atoms with E-state index < -0.39 is 5.54 Å². The van der Waals surface area contributed by atoms with Gasteiger partial charge in [-0.25, -0.2) is 0 Å². The van der Waals surface area contributed by atoms with Crippen molar-refractivity contribution in [3.63, 3.8) is 0 Å². The molecule has 2 aliphatic rings. The predicted molar refractivity (Wildman–Crippen MR) is 106 cm³/mol. The quantitative estimate of drug-likeness (QED) is 0.795. The van der Waals surface area contributed by atoms with Crippen molar-refractivity contribution in [3.05, 3.63) is 36.9 Å². The van der Waals surface area contributed by atoms with E-state index in [0.29, 0.717) is 0 Å². The number of ether oxygens (including phenoxy) is 1. The van der Waals surface area contributed by atoms with Crippen molar-refractivity contribution in [1.29, 1.82) is 0 Å². The number of hydrogen-bond donors (Lipinski definition) is 1. The van der Waals surface area contributed by atoms with Crippen molar-refractivity contribution in [2.75, 3.05) is 45.2 Å². The normalized spacial score (nSPS) is 20.4. The third-order valence-electron chi connectivity index (χ3n) is 5.64. The summed E-state index contributed by atoms with van der Waals surface area (Å²) < 4.78 is 5.24. The SMILES string of the molecule is C=CCN1CCN(C(=O)C2(Nc3ccc(OC)cc3)CCCCC2)CC1. The first-order valence-corrected chi connectivity index (χ1v) is 9.72. The van der Waals surface area contributed by atoms with Gasteiger partial charge in [0.1, 0.15) is 11.3 Å². The largest absolute Gasteiger partial charge is 0.497 e. The van der Waals surface area contributed by atoms with Gasteiger partial charge in [0.2, 0.25) is 5.91 Å². The molecule has 1 aliphatic carbocycles. The molecule has 5 nitrogen and oxygen atoms in total. The monoisotopic (exact) mass is 357 g/mol. The second-order valence-corrected chi connectivity index (χ2v) is 7.38. The average molecular weight is 357 g/mol. The third-order valence-corrected chi connectivity index (χ3v) is 5.64. The molecule has 142 valence electrons. The van der Waals surface area contributed by atoms with E-state index in [2.05, 4.69) is 21.7 Å². The first kappa shape index (κ1) is 18.8. The second kappa shape index (κ2) is 8.58. The minimum atomic E-state index is -0.465. The zero-order valence-corrected chi connectivity index (χ0v) is 15.9. The molecule has 1 saturated heterocycles. The highest BCUT2D eigenvalue weighted by molar-refractivity contribution is 5.89. The molecule has 0 radical (unpaired) electrons. The molecule has 2 fully saturated rings. The predicted octanol–water partition coefficient (Wildman–Crippen LogP) is 3.14. The van der Waals surface area contributed by atoms with Gasteiger partial charge in [-0.15, -0.1) is 6.58 Å². The number of piperazine rings is 1. The number of anilines is 1. The van der Waals surface area contributed by atoms with Crippen molar-refractivity contribution < 1.29 is 9.53 Å². The molecular formula is C21H31N3O2. The van der Waals surface area contributed by atoms with Gasteiger partial charge in [-0.05, 0) is 37.1 Å². The van der Waals surface area contributed by atoms with Gasteiger partial charge in [0.15, 0.2) is 0 Å². The van der Waals surface area contributed by atoms with Crippen molar-refractivity contribution in [2.45, 2.75) is 37.6 Å². The molecule has 0 spiro atoms. The summed E-state index contributed by atoms with van der Waals surface area (Å²) >= 11 is 0. The van der Waals surface area contributed by atoms with E-state index in [1.165, 1.54) is 6.42 Å². The van der Waals surface area contributed by atoms with E-state index >= 15 is 0 Å². The third kappa shape index (κ3) is 4.21. The van der Waals surface area contributed by atoms with E-state index in [0.717, 1.165) is 69.8 Å². The Morgan fingerprint density at radius 3 is 2.38 bits per heavy atom. The molecule has 1 aliphatic heterocycles. The standard InChI is InChI=1S/C21H31N3O2/c1-3-13-23-14-16-24(17-15-23)20(25)21(11-5-4-6-12-21)22-18-7-9-19(26-2)10-8-18/h3,7-10,22H,1,4-6,11-17H2,2H3. The minimum Gasteiger partial charge on any atom is -0.497 e. The lowest BCUT2D eigenvalue weighted by atomic mass is 9.80. The maximum atomic E-state index is 13.5. The molecule has 1 heterocycles. The summed E-state index contributed by atoms with van der Waals surface area (Å²) in [6.07, 6.45) is 7.17. The molecule has 0 bridgehead atoms. The summed E-state index contributed by atoms with van der Waals surface area (Å²) in [5.41, 5.74) is 0.527. The van der Waals surface area contributed by atoms with Gasteiger partial charge in [0, 0.05) is 38.4 Å². The fraction of sp³-hybridized carbons (Fsp3) is 0.571. The van der Waals surface area contributed by atoms with Crippen LogP contribution in [0.2, 0.25) is 0 Å². The summed E-state index contributed by atoms with van der Waals surface area (Å²) in [6, 6.07) is 7.89. The number of carbonyl (C=O) groups excluding carboxylic acids is 1. The van der Waals surface area contributed by atoms with E-state index in [-0.39, 0.29) is 5.91 Å². The Morgan fingerprint density at radius 2 is 1.81 bits per heavy atom. The number of amides is 1. The fourth-order valence-electron chi connectivity index (χ4n) is 4.12. The highest BCUT2D eigenvalue weighted by atomic mass is 16.5. The van der Waals surface area contributed by atoms with Crippen LogP contribution in [0, 0.1) is 0 Å². The molecule has 0 aromatic heterocycles. The Morgan fingerprint density at radius 1 is 1.15 bits per heavy atom. The molecule has 26 heavy (non-hydrogen) atoms. The van der Waals surface area contributed by atoms with Crippen LogP contribution in [0.15, 0.2) is 36.9 Å². The molecule has 5 heteroatoms. The molecule has 0 unspecified atom stereocenters. The lowest BCUT2D eigenvalue weighted by Gasteiger charge is -2.43. The van der Waals surface area contributed by atoms with Gasteiger partial charge in [0.05, 0.1) is 7.11 Å². The highest BCUT2D eigenvalue weighted by Gasteiger charge is 2.42. The van der Waals surface area contributed by atoms with Crippen molar-refractivity contribution in [1.82, 2.24) is 9.80 Å². The van der Waals surface area contributed by atoms with E-state index in [1.807, 2.05) is 30.3 Å². The van der Waals surface area contributed by atoms with Crippen LogP contribution in [-0.4, -0.2) is 61.1 Å². The van der Waals surface area contributed by atoms with Gasteiger partial charge in [-0.3, -0.25) is 9.69 Å². The summed E-state index contributed by atoms with van der Waals surface area (Å²) in [4.78, 5) is 17.9. The number of nitrogens with zero attached hydrogens (tertiary/aromatic N) is 2. The maximum Gasteiger partial charge on any atom is 0.248 e. The van der Waals surface area contributed by atoms with Crippen LogP contribution in [0.5, 0.6) is 5.75 Å². The average Bonchev–Trinajstić information content (AvgIpc) is 2.69. The Hall–Kier alpha value is -2.01.